The molecule has 0 saturated carbocycles. The fraction of sp³-hybridized carbons (Fsp3) is 0.538. The lowest BCUT2D eigenvalue weighted by molar-refractivity contribution is 0.183. The lowest BCUT2D eigenvalue weighted by Gasteiger charge is -2.37. The summed E-state index contributed by atoms with van der Waals surface area (Å²) >= 11 is 0. The van der Waals surface area contributed by atoms with Crippen LogP contribution in [0, 0.1) is 11.2 Å². The molecule has 1 aliphatic heterocycles. The molecule has 1 fully saturated rings. The number of hydrogen-bond donors (Lipinski definition) is 1. The molecule has 0 radical (unpaired) electrons. The topological polar surface area (TPSA) is 63.4 Å². The number of hydrogen-bond acceptors (Lipinski definition) is 3. The van der Waals surface area contributed by atoms with Gasteiger partial charge in [-0.2, -0.15) is 4.31 Å². The lowest BCUT2D eigenvalue weighted by Crippen LogP contribution is -2.44. The Balaban J connectivity index is 2.19. The molecule has 2 N–H and O–H groups in total. The van der Waals surface area contributed by atoms with Gasteiger partial charge < -0.3 is 5.73 Å². The van der Waals surface area contributed by atoms with Crippen molar-refractivity contribution < 1.29 is 12.8 Å². The van der Waals surface area contributed by atoms with Crippen molar-refractivity contribution in [3.8, 4) is 0 Å². The zero-order chi connectivity index (χ0) is 14.1. The molecular weight excluding hydrogens is 267 g/mol. The Morgan fingerprint density at radius 1 is 1.37 bits per heavy atom. The number of nitrogens with two attached hydrogens (primary N) is 1. The van der Waals surface area contributed by atoms with Gasteiger partial charge in [0.05, 0.1) is 4.90 Å². The molecule has 0 atom stereocenters. The third-order valence-corrected chi connectivity index (χ3v) is 5.75. The van der Waals surface area contributed by atoms with E-state index in [0.717, 1.165) is 18.9 Å². The van der Waals surface area contributed by atoms with Crippen LogP contribution in [0.15, 0.2) is 29.2 Å². The molecule has 0 amide bonds. The standard InChI is InChI=1S/C13H19FN2O2S/c1-13(10-15)5-7-16(8-6-13)19(17,18)12-4-2-3-11(14)9-12/h2-4,9H,5-8,10,15H2,1H3. The smallest absolute Gasteiger partial charge is 0.243 e. The molecule has 2 rings (SSSR count). The van der Waals surface area contributed by atoms with Gasteiger partial charge in [-0.3, -0.25) is 0 Å². The summed E-state index contributed by atoms with van der Waals surface area (Å²) in [7, 11) is -3.59. The first-order chi connectivity index (χ1) is 8.87. The first-order valence-corrected chi connectivity index (χ1v) is 7.77. The summed E-state index contributed by atoms with van der Waals surface area (Å²) in [6.07, 6.45) is 1.47. The maximum Gasteiger partial charge on any atom is 0.243 e. The van der Waals surface area contributed by atoms with Crippen LogP contribution in [-0.4, -0.2) is 32.4 Å². The highest BCUT2D eigenvalue weighted by atomic mass is 32.2. The van der Waals surface area contributed by atoms with Crippen molar-refractivity contribution in [2.75, 3.05) is 19.6 Å². The Kier molecular flexibility index (Phi) is 3.94. The lowest BCUT2D eigenvalue weighted by atomic mass is 9.81. The fourth-order valence-corrected chi connectivity index (χ4v) is 3.72. The molecule has 1 aromatic carbocycles. The van der Waals surface area contributed by atoms with Crippen molar-refractivity contribution in [2.24, 2.45) is 11.1 Å². The van der Waals surface area contributed by atoms with Crippen LogP contribution < -0.4 is 5.73 Å². The molecule has 19 heavy (non-hydrogen) atoms. The quantitative estimate of drug-likeness (QED) is 0.917. The second-order valence-electron chi connectivity index (χ2n) is 5.38. The van der Waals surface area contributed by atoms with E-state index in [4.69, 9.17) is 5.73 Å². The van der Waals surface area contributed by atoms with Gasteiger partial charge in [-0.05, 0) is 43.0 Å². The summed E-state index contributed by atoms with van der Waals surface area (Å²) in [5.41, 5.74) is 5.71. The molecule has 0 aliphatic carbocycles. The molecule has 0 bridgehead atoms. The zero-order valence-corrected chi connectivity index (χ0v) is 11.8. The van der Waals surface area contributed by atoms with E-state index in [9.17, 15) is 12.8 Å². The molecule has 6 heteroatoms. The van der Waals surface area contributed by atoms with Gasteiger partial charge in [0.1, 0.15) is 5.82 Å². The predicted octanol–water partition coefficient (Wildman–Crippen LogP) is 1.58. The molecule has 0 aromatic heterocycles. The van der Waals surface area contributed by atoms with Crippen molar-refractivity contribution >= 4 is 10.0 Å². The van der Waals surface area contributed by atoms with Crippen LogP contribution >= 0.6 is 0 Å². The van der Waals surface area contributed by atoms with Gasteiger partial charge in [0.15, 0.2) is 0 Å². The Morgan fingerprint density at radius 2 is 2.00 bits per heavy atom. The van der Waals surface area contributed by atoms with E-state index >= 15 is 0 Å². The van der Waals surface area contributed by atoms with Gasteiger partial charge in [0.25, 0.3) is 0 Å². The van der Waals surface area contributed by atoms with Gasteiger partial charge in [-0.25, -0.2) is 12.8 Å². The van der Waals surface area contributed by atoms with E-state index in [1.54, 1.807) is 0 Å². The van der Waals surface area contributed by atoms with Crippen LogP contribution in [0.2, 0.25) is 0 Å². The summed E-state index contributed by atoms with van der Waals surface area (Å²) in [5.74, 6) is -0.537. The monoisotopic (exact) mass is 286 g/mol. The first kappa shape index (κ1) is 14.4. The third kappa shape index (κ3) is 2.96. The number of rotatable bonds is 3. The highest BCUT2D eigenvalue weighted by molar-refractivity contribution is 7.89. The van der Waals surface area contributed by atoms with E-state index in [1.807, 2.05) is 0 Å². The molecule has 1 saturated heterocycles. The van der Waals surface area contributed by atoms with Crippen LogP contribution in [0.1, 0.15) is 19.8 Å². The summed E-state index contributed by atoms with van der Waals surface area (Å²) in [4.78, 5) is 0.0175. The number of benzene rings is 1. The van der Waals surface area contributed by atoms with Gasteiger partial charge in [0, 0.05) is 13.1 Å². The summed E-state index contributed by atoms with van der Waals surface area (Å²) < 4.78 is 39.3. The number of nitrogens with zero attached hydrogens (tertiary/aromatic N) is 1. The summed E-state index contributed by atoms with van der Waals surface area (Å²) in [5, 5.41) is 0. The van der Waals surface area contributed by atoms with E-state index < -0.39 is 15.8 Å². The third-order valence-electron chi connectivity index (χ3n) is 3.86. The van der Waals surface area contributed by atoms with Gasteiger partial charge in [-0.15, -0.1) is 0 Å². The van der Waals surface area contributed by atoms with Crippen LogP contribution in [-0.2, 0) is 10.0 Å². The second-order valence-corrected chi connectivity index (χ2v) is 7.31. The summed E-state index contributed by atoms with van der Waals surface area (Å²) in [6, 6.07) is 5.14. The van der Waals surface area contributed by atoms with E-state index in [0.29, 0.717) is 19.6 Å². The average Bonchev–Trinajstić information content (AvgIpc) is 2.39. The van der Waals surface area contributed by atoms with Gasteiger partial charge in [-0.1, -0.05) is 13.0 Å². The van der Waals surface area contributed by atoms with Crippen LogP contribution in [0.25, 0.3) is 0 Å². The van der Waals surface area contributed by atoms with Crippen LogP contribution in [0.4, 0.5) is 4.39 Å². The van der Waals surface area contributed by atoms with Crippen molar-refractivity contribution in [1.82, 2.24) is 4.31 Å². The number of halogens is 1. The van der Waals surface area contributed by atoms with E-state index in [2.05, 4.69) is 6.92 Å². The van der Waals surface area contributed by atoms with Crippen molar-refractivity contribution in [1.29, 1.82) is 0 Å². The SMILES string of the molecule is CC1(CN)CCN(S(=O)(=O)c2cccc(F)c2)CC1. The predicted molar refractivity (Wildman–Crippen MR) is 71.6 cm³/mol. The Labute approximate surface area is 113 Å². The van der Waals surface area contributed by atoms with Gasteiger partial charge in [0.2, 0.25) is 10.0 Å². The maximum absolute atomic E-state index is 13.1. The first-order valence-electron chi connectivity index (χ1n) is 6.33. The molecule has 0 spiro atoms. The number of piperidine rings is 1. The van der Waals surface area contributed by atoms with E-state index in [1.165, 1.54) is 22.5 Å². The largest absolute Gasteiger partial charge is 0.330 e. The van der Waals surface area contributed by atoms with E-state index in [-0.39, 0.29) is 10.3 Å². The highest BCUT2D eigenvalue weighted by Gasteiger charge is 2.34. The Morgan fingerprint density at radius 3 is 2.53 bits per heavy atom. The van der Waals surface area contributed by atoms with Crippen molar-refractivity contribution in [2.45, 2.75) is 24.7 Å². The minimum absolute atomic E-state index is 0.00789. The van der Waals surface area contributed by atoms with Gasteiger partial charge >= 0.3 is 0 Å². The molecule has 4 nitrogen and oxygen atoms in total. The second kappa shape index (κ2) is 5.19. The molecule has 1 heterocycles. The molecule has 1 aliphatic rings. The van der Waals surface area contributed by atoms with Crippen molar-refractivity contribution in [3.63, 3.8) is 0 Å². The Bertz CT molecular complexity index is 552. The summed E-state index contributed by atoms with van der Waals surface area (Å²) in [6.45, 7) is 3.50. The molecular formula is C13H19FN2O2S. The maximum atomic E-state index is 13.1. The fourth-order valence-electron chi connectivity index (χ4n) is 2.25. The Hall–Kier alpha value is -0.980. The minimum Gasteiger partial charge on any atom is -0.330 e. The van der Waals surface area contributed by atoms with Crippen LogP contribution in [0.3, 0.4) is 0 Å². The number of sulfonamides is 1. The zero-order valence-electron chi connectivity index (χ0n) is 11.0. The van der Waals surface area contributed by atoms with Crippen molar-refractivity contribution in [3.05, 3.63) is 30.1 Å². The molecule has 106 valence electrons. The minimum atomic E-state index is -3.59. The molecule has 1 aromatic rings. The normalized spacial score (nSPS) is 20.4. The van der Waals surface area contributed by atoms with Crippen LogP contribution in [0.5, 0.6) is 0 Å². The average molecular weight is 286 g/mol. The molecule has 0 unspecified atom stereocenters. The highest BCUT2D eigenvalue weighted by Crippen LogP contribution is 2.32.